The molecule has 3 heteroatoms. The number of carbonyl (C=O) groups excluding carboxylic acids is 1. The molecule has 23 heavy (non-hydrogen) atoms. The van der Waals surface area contributed by atoms with Gasteiger partial charge in [-0.25, -0.2) is 0 Å². The van der Waals surface area contributed by atoms with Gasteiger partial charge >= 0.3 is 0 Å². The summed E-state index contributed by atoms with van der Waals surface area (Å²) in [5.74, 6) is 0.827. The second-order valence-electron chi connectivity index (χ2n) is 7.18. The minimum atomic E-state index is -0.187. The van der Waals surface area contributed by atoms with Crippen LogP contribution in [0.1, 0.15) is 90.4 Å². The number of hydrogen-bond donors (Lipinski definition) is 2. The standard InChI is InChI=1S/C20H37NO2/c1-2-3-4-5-6-10-13-18-17(15-16-19(18)22)12-9-7-8-11-14-20(21)23/h10,13,17-19,22H,2-9,11-12,14-16H2,1H3,(H2,21,23)/b13-10+/t17?,18?,19-/m1/s1. The number of hydrogen-bond acceptors (Lipinski definition) is 2. The van der Waals surface area contributed by atoms with Crippen LogP contribution in [0.2, 0.25) is 0 Å². The molecule has 0 aromatic rings. The van der Waals surface area contributed by atoms with E-state index in [1.807, 2.05) is 0 Å². The quantitative estimate of drug-likeness (QED) is 0.380. The summed E-state index contributed by atoms with van der Waals surface area (Å²) >= 11 is 0. The maximum absolute atomic E-state index is 10.7. The third-order valence-corrected chi connectivity index (χ3v) is 5.15. The average molecular weight is 324 g/mol. The van der Waals surface area contributed by atoms with Gasteiger partial charge in [0.1, 0.15) is 0 Å². The molecule has 0 bridgehead atoms. The van der Waals surface area contributed by atoms with Gasteiger partial charge in [-0.3, -0.25) is 4.79 Å². The van der Waals surface area contributed by atoms with Crippen LogP contribution in [-0.4, -0.2) is 17.1 Å². The Bertz CT molecular complexity index is 341. The Morgan fingerprint density at radius 1 is 1.09 bits per heavy atom. The number of nitrogens with two attached hydrogens (primary N) is 1. The largest absolute Gasteiger partial charge is 0.393 e. The number of aliphatic hydroxyl groups excluding tert-OH is 1. The van der Waals surface area contributed by atoms with Crippen LogP contribution in [0, 0.1) is 11.8 Å². The van der Waals surface area contributed by atoms with E-state index >= 15 is 0 Å². The van der Waals surface area contributed by atoms with Gasteiger partial charge in [-0.15, -0.1) is 0 Å². The summed E-state index contributed by atoms with van der Waals surface area (Å²) in [4.78, 5) is 10.7. The number of primary amides is 1. The Hall–Kier alpha value is -0.830. The number of carbonyl (C=O) groups is 1. The predicted octanol–water partition coefficient (Wildman–Crippen LogP) is 4.73. The molecule has 3 N–H and O–H groups in total. The summed E-state index contributed by atoms with van der Waals surface area (Å²) in [6.45, 7) is 2.24. The lowest BCUT2D eigenvalue weighted by Gasteiger charge is -2.18. The van der Waals surface area contributed by atoms with Crippen molar-refractivity contribution in [1.29, 1.82) is 0 Å². The molecule has 1 amide bonds. The van der Waals surface area contributed by atoms with Crippen molar-refractivity contribution in [2.45, 2.75) is 96.5 Å². The zero-order valence-corrected chi connectivity index (χ0v) is 15.0. The van der Waals surface area contributed by atoms with Crippen LogP contribution in [0.3, 0.4) is 0 Å². The third-order valence-electron chi connectivity index (χ3n) is 5.15. The van der Waals surface area contributed by atoms with Gasteiger partial charge in [0.15, 0.2) is 0 Å². The molecular formula is C20H37NO2. The molecule has 1 saturated carbocycles. The Kier molecular flexibility index (Phi) is 11.1. The minimum absolute atomic E-state index is 0.137. The lowest BCUT2D eigenvalue weighted by atomic mass is 9.89. The molecule has 3 nitrogen and oxygen atoms in total. The molecule has 0 aromatic heterocycles. The second kappa shape index (κ2) is 12.6. The molecule has 0 aliphatic heterocycles. The van der Waals surface area contributed by atoms with E-state index < -0.39 is 0 Å². The van der Waals surface area contributed by atoms with Crippen molar-refractivity contribution in [3.05, 3.63) is 12.2 Å². The van der Waals surface area contributed by atoms with Crippen LogP contribution in [-0.2, 0) is 4.79 Å². The van der Waals surface area contributed by atoms with Gasteiger partial charge in [0.05, 0.1) is 6.10 Å². The fourth-order valence-corrected chi connectivity index (χ4v) is 3.71. The van der Waals surface area contributed by atoms with Gasteiger partial charge in [0.2, 0.25) is 5.91 Å². The van der Waals surface area contributed by atoms with Crippen molar-refractivity contribution in [1.82, 2.24) is 0 Å². The molecule has 0 aromatic carbocycles. The first-order valence-corrected chi connectivity index (χ1v) is 9.78. The van der Waals surface area contributed by atoms with Gasteiger partial charge in [-0.2, -0.15) is 0 Å². The molecular weight excluding hydrogens is 286 g/mol. The molecule has 1 aliphatic rings. The summed E-state index contributed by atoms with van der Waals surface area (Å²) in [5, 5.41) is 10.2. The minimum Gasteiger partial charge on any atom is -0.393 e. The third kappa shape index (κ3) is 9.14. The molecule has 1 fully saturated rings. The van der Waals surface area contributed by atoms with Gasteiger partial charge in [-0.1, -0.05) is 57.6 Å². The highest BCUT2D eigenvalue weighted by atomic mass is 16.3. The molecule has 2 unspecified atom stereocenters. The Morgan fingerprint density at radius 2 is 1.83 bits per heavy atom. The van der Waals surface area contributed by atoms with Gasteiger partial charge in [0.25, 0.3) is 0 Å². The van der Waals surface area contributed by atoms with E-state index in [1.54, 1.807) is 0 Å². The number of rotatable bonds is 13. The van der Waals surface area contributed by atoms with E-state index in [0.717, 1.165) is 32.1 Å². The summed E-state index contributed by atoms with van der Waals surface area (Å²) in [7, 11) is 0. The number of unbranched alkanes of at least 4 members (excludes halogenated alkanes) is 7. The van der Waals surface area contributed by atoms with E-state index in [4.69, 9.17) is 5.73 Å². The molecule has 0 spiro atoms. The van der Waals surface area contributed by atoms with E-state index in [9.17, 15) is 9.90 Å². The normalized spacial score (nSPS) is 24.5. The van der Waals surface area contributed by atoms with Crippen LogP contribution < -0.4 is 5.73 Å². The first-order chi connectivity index (χ1) is 11.1. The summed E-state index contributed by atoms with van der Waals surface area (Å²) in [5.41, 5.74) is 5.15. The van der Waals surface area contributed by atoms with Crippen molar-refractivity contribution in [3.63, 3.8) is 0 Å². The highest BCUT2D eigenvalue weighted by Crippen LogP contribution is 2.36. The van der Waals surface area contributed by atoms with Crippen LogP contribution >= 0.6 is 0 Å². The molecule has 0 heterocycles. The van der Waals surface area contributed by atoms with Crippen molar-refractivity contribution in [2.75, 3.05) is 0 Å². The van der Waals surface area contributed by atoms with Crippen LogP contribution in [0.4, 0.5) is 0 Å². The van der Waals surface area contributed by atoms with Crippen molar-refractivity contribution in [3.8, 4) is 0 Å². The fraction of sp³-hybridized carbons (Fsp3) is 0.850. The number of amides is 1. The molecule has 0 radical (unpaired) electrons. The Balaban J connectivity index is 2.17. The van der Waals surface area contributed by atoms with Crippen molar-refractivity contribution in [2.24, 2.45) is 17.6 Å². The fourth-order valence-electron chi connectivity index (χ4n) is 3.71. The number of allylic oxidation sites excluding steroid dienone is 1. The highest BCUT2D eigenvalue weighted by Gasteiger charge is 2.32. The van der Waals surface area contributed by atoms with Crippen molar-refractivity contribution < 1.29 is 9.90 Å². The maximum atomic E-state index is 10.7. The summed E-state index contributed by atoms with van der Waals surface area (Å²) < 4.78 is 0. The van der Waals surface area contributed by atoms with E-state index in [0.29, 0.717) is 18.3 Å². The number of aliphatic hydroxyl groups is 1. The molecule has 0 saturated heterocycles. The average Bonchev–Trinajstić information content (AvgIpc) is 2.86. The lowest BCUT2D eigenvalue weighted by molar-refractivity contribution is -0.118. The highest BCUT2D eigenvalue weighted by molar-refractivity contribution is 5.73. The zero-order chi connectivity index (χ0) is 16.9. The van der Waals surface area contributed by atoms with Crippen LogP contribution in [0.25, 0.3) is 0 Å². The molecule has 1 rings (SSSR count). The maximum Gasteiger partial charge on any atom is 0.217 e. The van der Waals surface area contributed by atoms with Crippen LogP contribution in [0.15, 0.2) is 12.2 Å². The van der Waals surface area contributed by atoms with E-state index in [2.05, 4.69) is 19.1 Å². The smallest absolute Gasteiger partial charge is 0.217 e. The van der Waals surface area contributed by atoms with E-state index in [-0.39, 0.29) is 12.0 Å². The first kappa shape index (κ1) is 20.2. The zero-order valence-electron chi connectivity index (χ0n) is 15.0. The van der Waals surface area contributed by atoms with Crippen molar-refractivity contribution >= 4 is 5.91 Å². The first-order valence-electron chi connectivity index (χ1n) is 9.78. The topological polar surface area (TPSA) is 63.3 Å². The second-order valence-corrected chi connectivity index (χ2v) is 7.18. The SMILES string of the molecule is CCCCCC/C=C/C1C(CCCCCCC(N)=O)CC[C@H]1O. The molecule has 3 atom stereocenters. The van der Waals surface area contributed by atoms with Crippen LogP contribution in [0.5, 0.6) is 0 Å². The summed E-state index contributed by atoms with van der Waals surface area (Å²) in [6, 6.07) is 0. The van der Waals surface area contributed by atoms with Gasteiger partial charge in [0, 0.05) is 12.3 Å². The predicted molar refractivity (Wildman–Crippen MR) is 97.0 cm³/mol. The Morgan fingerprint density at radius 3 is 2.57 bits per heavy atom. The monoisotopic (exact) mass is 323 g/mol. The molecule has 1 aliphatic carbocycles. The van der Waals surface area contributed by atoms with E-state index in [1.165, 1.54) is 44.9 Å². The van der Waals surface area contributed by atoms with Gasteiger partial charge < -0.3 is 10.8 Å². The van der Waals surface area contributed by atoms with Gasteiger partial charge in [-0.05, 0) is 44.4 Å². The summed E-state index contributed by atoms with van der Waals surface area (Å²) in [6.07, 6.45) is 19.1. The molecule has 134 valence electrons. The lowest BCUT2D eigenvalue weighted by Crippen LogP contribution is -2.16. The Labute approximate surface area is 142 Å².